The van der Waals surface area contributed by atoms with E-state index in [1.165, 1.54) is 0 Å². The third-order valence-corrected chi connectivity index (χ3v) is 2.84. The molecule has 0 aliphatic carbocycles. The van der Waals surface area contributed by atoms with Crippen molar-refractivity contribution < 1.29 is 4.74 Å². The molecule has 100 valence electrons. The second-order valence-electron chi connectivity index (χ2n) is 4.04. The molecule has 1 aromatic heterocycles. The van der Waals surface area contributed by atoms with Gasteiger partial charge in [-0.2, -0.15) is 4.98 Å². The fraction of sp³-hybridized carbons (Fsp3) is 0.286. The van der Waals surface area contributed by atoms with Crippen LogP contribution in [0.3, 0.4) is 0 Å². The molecule has 0 bridgehead atoms. The number of anilines is 1. The Kier molecular flexibility index (Phi) is 4.58. The molecule has 0 aliphatic rings. The molecule has 0 unspecified atom stereocenters. The van der Waals surface area contributed by atoms with Gasteiger partial charge in [0.05, 0.1) is 5.02 Å². The molecule has 0 saturated carbocycles. The van der Waals surface area contributed by atoms with Crippen LogP contribution in [-0.4, -0.2) is 17.0 Å². The summed E-state index contributed by atoms with van der Waals surface area (Å²) < 4.78 is 5.72. The molecule has 0 aliphatic heterocycles. The maximum atomic E-state index is 6.06. The van der Waals surface area contributed by atoms with Crippen molar-refractivity contribution in [1.29, 1.82) is 0 Å². The molecule has 4 nitrogen and oxygen atoms in total. The van der Waals surface area contributed by atoms with Crippen molar-refractivity contribution in [2.24, 2.45) is 0 Å². The third kappa shape index (κ3) is 3.58. The lowest BCUT2D eigenvalue weighted by Gasteiger charge is -2.09. The van der Waals surface area contributed by atoms with Crippen molar-refractivity contribution in [2.75, 3.05) is 12.4 Å². The third-order valence-electron chi connectivity index (χ3n) is 2.53. The number of para-hydroxylation sites is 1. The molecule has 0 saturated heterocycles. The van der Waals surface area contributed by atoms with Crippen LogP contribution in [0.15, 0.2) is 30.3 Å². The lowest BCUT2D eigenvalue weighted by Crippen LogP contribution is -2.02. The van der Waals surface area contributed by atoms with E-state index in [2.05, 4.69) is 22.2 Å². The normalized spacial score (nSPS) is 10.3. The summed E-state index contributed by atoms with van der Waals surface area (Å²) in [5, 5.41) is 3.56. The first kappa shape index (κ1) is 13.6. The number of aryl methyl sites for hydroxylation is 1. The summed E-state index contributed by atoms with van der Waals surface area (Å²) in [5.74, 6) is 2.58. The second kappa shape index (κ2) is 6.38. The van der Waals surface area contributed by atoms with Gasteiger partial charge in [0.15, 0.2) is 0 Å². The molecule has 1 heterocycles. The second-order valence-corrected chi connectivity index (χ2v) is 4.45. The zero-order chi connectivity index (χ0) is 13.7. The van der Waals surface area contributed by atoms with Gasteiger partial charge in [0.1, 0.15) is 17.4 Å². The first-order valence-electron chi connectivity index (χ1n) is 6.21. The Morgan fingerprint density at radius 2 is 2.05 bits per heavy atom. The van der Waals surface area contributed by atoms with Gasteiger partial charge in [0.2, 0.25) is 5.88 Å². The maximum absolute atomic E-state index is 6.06. The van der Waals surface area contributed by atoms with Crippen LogP contribution >= 0.6 is 11.6 Å². The molecule has 19 heavy (non-hydrogen) atoms. The Morgan fingerprint density at radius 3 is 2.74 bits per heavy atom. The lowest BCUT2D eigenvalue weighted by atomic mass is 10.3. The summed E-state index contributed by atoms with van der Waals surface area (Å²) in [7, 11) is 1.82. The fourth-order valence-electron chi connectivity index (χ4n) is 1.63. The van der Waals surface area contributed by atoms with E-state index in [-0.39, 0.29) is 0 Å². The smallest absolute Gasteiger partial charge is 0.224 e. The largest absolute Gasteiger partial charge is 0.437 e. The summed E-state index contributed by atoms with van der Waals surface area (Å²) in [4.78, 5) is 8.75. The highest BCUT2D eigenvalue weighted by Gasteiger charge is 2.07. The van der Waals surface area contributed by atoms with Crippen LogP contribution in [0.1, 0.15) is 19.2 Å². The van der Waals surface area contributed by atoms with Crippen LogP contribution in [0.5, 0.6) is 11.6 Å². The number of halogens is 1. The van der Waals surface area contributed by atoms with Gasteiger partial charge < -0.3 is 10.1 Å². The summed E-state index contributed by atoms with van der Waals surface area (Å²) in [6.45, 7) is 2.09. The van der Waals surface area contributed by atoms with Gasteiger partial charge in [-0.05, 0) is 18.6 Å². The average molecular weight is 278 g/mol. The SMILES string of the molecule is CCCc1nc(NC)cc(Oc2ccccc2Cl)n1. The van der Waals surface area contributed by atoms with Gasteiger partial charge in [-0.15, -0.1) is 0 Å². The van der Waals surface area contributed by atoms with E-state index >= 15 is 0 Å². The summed E-state index contributed by atoms with van der Waals surface area (Å²) in [6, 6.07) is 9.07. The molecular formula is C14H16ClN3O. The Labute approximate surface area is 117 Å². The van der Waals surface area contributed by atoms with Crippen LogP contribution in [0.25, 0.3) is 0 Å². The van der Waals surface area contributed by atoms with Crippen molar-refractivity contribution >= 4 is 17.4 Å². The van der Waals surface area contributed by atoms with Crippen molar-refractivity contribution in [2.45, 2.75) is 19.8 Å². The Morgan fingerprint density at radius 1 is 1.26 bits per heavy atom. The topological polar surface area (TPSA) is 47.0 Å². The molecular weight excluding hydrogens is 262 g/mol. The van der Waals surface area contributed by atoms with E-state index in [4.69, 9.17) is 16.3 Å². The molecule has 2 aromatic rings. The first-order chi connectivity index (χ1) is 9.22. The van der Waals surface area contributed by atoms with Crippen LogP contribution in [0, 0.1) is 0 Å². The van der Waals surface area contributed by atoms with E-state index < -0.39 is 0 Å². The van der Waals surface area contributed by atoms with Crippen LogP contribution in [0.4, 0.5) is 5.82 Å². The fourth-order valence-corrected chi connectivity index (χ4v) is 1.80. The molecule has 0 amide bonds. The van der Waals surface area contributed by atoms with Gasteiger partial charge in [-0.1, -0.05) is 30.7 Å². The van der Waals surface area contributed by atoms with Crippen molar-refractivity contribution in [1.82, 2.24) is 9.97 Å². The van der Waals surface area contributed by atoms with Crippen LogP contribution in [-0.2, 0) is 6.42 Å². The monoisotopic (exact) mass is 277 g/mol. The van der Waals surface area contributed by atoms with E-state index in [0.717, 1.165) is 24.5 Å². The zero-order valence-electron chi connectivity index (χ0n) is 11.0. The van der Waals surface area contributed by atoms with E-state index in [0.29, 0.717) is 16.7 Å². The minimum atomic E-state index is 0.496. The molecule has 0 fully saturated rings. The minimum absolute atomic E-state index is 0.496. The first-order valence-corrected chi connectivity index (χ1v) is 6.58. The lowest BCUT2D eigenvalue weighted by molar-refractivity contribution is 0.459. The maximum Gasteiger partial charge on any atom is 0.224 e. The average Bonchev–Trinajstić information content (AvgIpc) is 2.41. The Balaban J connectivity index is 2.29. The standard InChI is InChI=1S/C14H16ClN3O/c1-3-6-12-17-13(16-2)9-14(18-12)19-11-8-5-4-7-10(11)15/h4-5,7-9H,3,6H2,1-2H3,(H,16,17,18). The minimum Gasteiger partial charge on any atom is -0.437 e. The molecule has 1 N–H and O–H groups in total. The number of nitrogens with zero attached hydrogens (tertiary/aromatic N) is 2. The van der Waals surface area contributed by atoms with Gasteiger partial charge in [0.25, 0.3) is 0 Å². The highest BCUT2D eigenvalue weighted by Crippen LogP contribution is 2.28. The van der Waals surface area contributed by atoms with E-state index in [1.807, 2.05) is 25.2 Å². The molecule has 0 atom stereocenters. The summed E-state index contributed by atoms with van der Waals surface area (Å²) in [6.07, 6.45) is 1.80. The number of aromatic nitrogens is 2. The van der Waals surface area contributed by atoms with Gasteiger partial charge in [0, 0.05) is 19.5 Å². The Bertz CT molecular complexity index is 560. The number of ether oxygens (including phenoxy) is 1. The molecule has 5 heteroatoms. The summed E-state index contributed by atoms with van der Waals surface area (Å²) >= 11 is 6.06. The zero-order valence-corrected chi connectivity index (χ0v) is 11.7. The van der Waals surface area contributed by atoms with E-state index in [1.54, 1.807) is 12.1 Å². The number of hydrogen-bond donors (Lipinski definition) is 1. The van der Waals surface area contributed by atoms with Crippen LogP contribution in [0.2, 0.25) is 5.02 Å². The summed E-state index contributed by atoms with van der Waals surface area (Å²) in [5.41, 5.74) is 0. The molecule has 1 aromatic carbocycles. The number of benzene rings is 1. The number of rotatable bonds is 5. The molecule has 2 rings (SSSR count). The van der Waals surface area contributed by atoms with Crippen LogP contribution < -0.4 is 10.1 Å². The molecule has 0 radical (unpaired) electrons. The van der Waals surface area contributed by atoms with Gasteiger partial charge in [-0.25, -0.2) is 4.98 Å². The van der Waals surface area contributed by atoms with Crippen molar-refractivity contribution in [3.05, 3.63) is 41.2 Å². The predicted octanol–water partition coefficient (Wildman–Crippen LogP) is 3.92. The highest BCUT2D eigenvalue weighted by atomic mass is 35.5. The molecule has 0 spiro atoms. The van der Waals surface area contributed by atoms with Crippen molar-refractivity contribution in [3.63, 3.8) is 0 Å². The number of nitrogens with one attached hydrogen (secondary N) is 1. The quantitative estimate of drug-likeness (QED) is 0.900. The highest BCUT2D eigenvalue weighted by molar-refractivity contribution is 6.32. The van der Waals surface area contributed by atoms with Gasteiger partial charge >= 0.3 is 0 Å². The van der Waals surface area contributed by atoms with E-state index in [9.17, 15) is 0 Å². The van der Waals surface area contributed by atoms with Gasteiger partial charge in [-0.3, -0.25) is 0 Å². The van der Waals surface area contributed by atoms with Crippen molar-refractivity contribution in [3.8, 4) is 11.6 Å². The number of hydrogen-bond acceptors (Lipinski definition) is 4. The predicted molar refractivity (Wildman–Crippen MR) is 77.1 cm³/mol. The Hall–Kier alpha value is -1.81.